The average molecular weight is 211 g/mol. The van der Waals surface area contributed by atoms with Crippen LogP contribution < -0.4 is 5.73 Å². The lowest BCUT2D eigenvalue weighted by Gasteiger charge is -2.13. The highest BCUT2D eigenvalue weighted by Crippen LogP contribution is 2.22. The molecule has 0 aliphatic heterocycles. The van der Waals surface area contributed by atoms with Crippen LogP contribution in [0.1, 0.15) is 33.1 Å². The van der Waals surface area contributed by atoms with E-state index in [2.05, 4.69) is 0 Å². The van der Waals surface area contributed by atoms with Gasteiger partial charge in [-0.2, -0.15) is 13.2 Å². The lowest BCUT2D eigenvalue weighted by Crippen LogP contribution is -2.30. The number of nitrogens with two attached hydrogens (primary N) is 1. The van der Waals surface area contributed by atoms with Crippen molar-refractivity contribution in [1.82, 2.24) is 0 Å². The molecule has 0 amide bonds. The van der Waals surface area contributed by atoms with Gasteiger partial charge in [0, 0.05) is 18.9 Å². The van der Waals surface area contributed by atoms with Gasteiger partial charge in [0.2, 0.25) is 0 Å². The van der Waals surface area contributed by atoms with Gasteiger partial charge in [-0.25, -0.2) is 0 Å². The molecule has 0 aliphatic rings. The van der Waals surface area contributed by atoms with Crippen LogP contribution in [0.5, 0.6) is 0 Å². The fourth-order valence-electron chi connectivity index (χ4n) is 1.20. The largest absolute Gasteiger partial charge is 0.390 e. The Morgan fingerprint density at radius 2 is 1.79 bits per heavy atom. The summed E-state index contributed by atoms with van der Waals surface area (Å²) < 4.78 is 35.5. The summed E-state index contributed by atoms with van der Waals surface area (Å²) in [6.45, 7) is 3.68. The molecule has 0 saturated heterocycles. The monoisotopic (exact) mass is 211 g/mol. The zero-order valence-corrected chi connectivity index (χ0v) is 8.40. The Bertz CT molecular complexity index is 189. The predicted molar refractivity (Wildman–Crippen MR) is 47.7 cm³/mol. The van der Waals surface area contributed by atoms with Crippen molar-refractivity contribution in [2.75, 3.05) is 0 Å². The molecule has 0 aliphatic carbocycles. The molecule has 1 unspecified atom stereocenters. The number of hydrogen-bond donors (Lipinski definition) is 1. The van der Waals surface area contributed by atoms with Crippen LogP contribution in [0.4, 0.5) is 13.2 Å². The number of hydrogen-bond acceptors (Lipinski definition) is 2. The van der Waals surface area contributed by atoms with Crippen molar-refractivity contribution < 1.29 is 18.0 Å². The second-order valence-electron chi connectivity index (χ2n) is 3.92. The lowest BCUT2D eigenvalue weighted by atomic mass is 10.0. The molecule has 5 heteroatoms. The van der Waals surface area contributed by atoms with E-state index in [1.54, 1.807) is 0 Å². The maximum Gasteiger partial charge on any atom is 0.390 e. The molecule has 0 bridgehead atoms. The van der Waals surface area contributed by atoms with Gasteiger partial charge in [-0.1, -0.05) is 13.8 Å². The number of carbonyl (C=O) groups excluding carboxylic acids is 1. The zero-order valence-electron chi connectivity index (χ0n) is 8.40. The number of ketones is 1. The number of rotatable bonds is 5. The summed E-state index contributed by atoms with van der Waals surface area (Å²) in [6.07, 6.45) is -5.25. The third-order valence-corrected chi connectivity index (χ3v) is 1.62. The van der Waals surface area contributed by atoms with Gasteiger partial charge in [-0.3, -0.25) is 4.79 Å². The van der Waals surface area contributed by atoms with Gasteiger partial charge in [-0.15, -0.1) is 0 Å². The Balaban J connectivity index is 3.83. The van der Waals surface area contributed by atoms with Gasteiger partial charge >= 0.3 is 6.18 Å². The van der Waals surface area contributed by atoms with Crippen LogP contribution in [0.15, 0.2) is 0 Å². The molecule has 0 spiro atoms. The molecule has 0 aromatic carbocycles. The topological polar surface area (TPSA) is 43.1 Å². The highest BCUT2D eigenvalue weighted by molar-refractivity contribution is 5.79. The average Bonchev–Trinajstić information content (AvgIpc) is 1.77. The van der Waals surface area contributed by atoms with Crippen LogP contribution in [0.25, 0.3) is 0 Å². The Hall–Kier alpha value is -0.580. The Morgan fingerprint density at radius 3 is 2.14 bits per heavy atom. The number of halogens is 3. The van der Waals surface area contributed by atoms with E-state index in [0.717, 1.165) is 0 Å². The van der Waals surface area contributed by atoms with Crippen LogP contribution in [0.3, 0.4) is 0 Å². The standard InChI is InChI=1S/C9H16F3NO/c1-6(2)3-8(14)4-7(13)5-9(10,11)12/h6-7H,3-5,13H2,1-2H3. The SMILES string of the molecule is CC(C)CC(=O)CC(N)CC(F)(F)F. The van der Waals surface area contributed by atoms with Crippen LogP contribution in [-0.2, 0) is 4.79 Å². The maximum atomic E-state index is 11.8. The molecule has 0 aromatic rings. The van der Waals surface area contributed by atoms with Gasteiger partial charge in [0.15, 0.2) is 0 Å². The third-order valence-electron chi connectivity index (χ3n) is 1.62. The first kappa shape index (κ1) is 13.4. The fraction of sp³-hybridized carbons (Fsp3) is 0.889. The molecular weight excluding hydrogens is 195 g/mol. The molecule has 0 fully saturated rings. The Kier molecular flexibility index (Phi) is 5.12. The van der Waals surface area contributed by atoms with Crippen molar-refractivity contribution in [1.29, 1.82) is 0 Å². The predicted octanol–water partition coefficient (Wildman–Crippen LogP) is 2.27. The second kappa shape index (κ2) is 5.34. The number of Topliss-reactive ketones (excluding diaryl/α,β-unsaturated/α-hetero) is 1. The Labute approximate surface area is 81.7 Å². The summed E-state index contributed by atoms with van der Waals surface area (Å²) in [5.41, 5.74) is 5.20. The minimum Gasteiger partial charge on any atom is -0.327 e. The molecule has 84 valence electrons. The first-order valence-corrected chi connectivity index (χ1v) is 4.54. The van der Waals surface area contributed by atoms with Gasteiger partial charge in [0.25, 0.3) is 0 Å². The summed E-state index contributed by atoms with van der Waals surface area (Å²) in [5, 5.41) is 0. The molecule has 1 atom stereocenters. The molecule has 0 aromatic heterocycles. The van der Waals surface area contributed by atoms with E-state index in [1.165, 1.54) is 0 Å². The summed E-state index contributed by atoms with van der Waals surface area (Å²) in [4.78, 5) is 11.1. The van der Waals surface area contributed by atoms with Crippen molar-refractivity contribution in [2.24, 2.45) is 11.7 Å². The van der Waals surface area contributed by atoms with E-state index in [1.807, 2.05) is 13.8 Å². The van der Waals surface area contributed by atoms with Crippen LogP contribution in [0, 0.1) is 5.92 Å². The summed E-state index contributed by atoms with van der Waals surface area (Å²) >= 11 is 0. The summed E-state index contributed by atoms with van der Waals surface area (Å²) in [7, 11) is 0. The first-order valence-electron chi connectivity index (χ1n) is 4.54. The molecule has 0 heterocycles. The smallest absolute Gasteiger partial charge is 0.327 e. The number of alkyl halides is 3. The fourth-order valence-corrected chi connectivity index (χ4v) is 1.20. The van der Waals surface area contributed by atoms with Crippen LogP contribution >= 0.6 is 0 Å². The van der Waals surface area contributed by atoms with Crippen LogP contribution in [0.2, 0.25) is 0 Å². The minimum absolute atomic E-state index is 0.167. The van der Waals surface area contributed by atoms with Crippen molar-refractivity contribution in [2.45, 2.75) is 45.3 Å². The molecular formula is C9H16F3NO. The summed E-state index contributed by atoms with van der Waals surface area (Å²) in [6, 6.07) is -1.10. The van der Waals surface area contributed by atoms with Crippen molar-refractivity contribution >= 4 is 5.78 Å². The molecule has 0 saturated carbocycles. The molecule has 0 radical (unpaired) electrons. The molecule has 14 heavy (non-hydrogen) atoms. The van der Waals surface area contributed by atoms with Gasteiger partial charge in [0.05, 0.1) is 6.42 Å². The minimum atomic E-state index is -4.28. The van der Waals surface area contributed by atoms with E-state index in [0.29, 0.717) is 6.42 Å². The van der Waals surface area contributed by atoms with E-state index < -0.39 is 18.6 Å². The molecule has 0 rings (SSSR count). The molecule has 2 N–H and O–H groups in total. The first-order chi connectivity index (χ1) is 6.20. The van der Waals surface area contributed by atoms with E-state index in [-0.39, 0.29) is 18.1 Å². The number of carbonyl (C=O) groups is 1. The zero-order chi connectivity index (χ0) is 11.4. The highest BCUT2D eigenvalue weighted by atomic mass is 19.4. The summed E-state index contributed by atoms with van der Waals surface area (Å²) in [5.74, 6) is -0.0302. The Morgan fingerprint density at radius 1 is 1.29 bits per heavy atom. The van der Waals surface area contributed by atoms with E-state index in [4.69, 9.17) is 5.73 Å². The second-order valence-corrected chi connectivity index (χ2v) is 3.92. The van der Waals surface area contributed by atoms with E-state index in [9.17, 15) is 18.0 Å². The highest BCUT2D eigenvalue weighted by Gasteiger charge is 2.30. The van der Waals surface area contributed by atoms with Crippen molar-refractivity contribution in [3.8, 4) is 0 Å². The van der Waals surface area contributed by atoms with Gasteiger partial charge in [0.1, 0.15) is 5.78 Å². The van der Waals surface area contributed by atoms with Crippen molar-refractivity contribution in [3.05, 3.63) is 0 Å². The van der Waals surface area contributed by atoms with Gasteiger partial charge in [-0.05, 0) is 5.92 Å². The molecule has 2 nitrogen and oxygen atoms in total. The van der Waals surface area contributed by atoms with E-state index >= 15 is 0 Å². The van der Waals surface area contributed by atoms with Gasteiger partial charge < -0.3 is 5.73 Å². The van der Waals surface area contributed by atoms with Crippen LogP contribution in [-0.4, -0.2) is 18.0 Å². The lowest BCUT2D eigenvalue weighted by molar-refractivity contribution is -0.139. The normalized spacial score (nSPS) is 14.5. The third kappa shape index (κ3) is 8.04. The van der Waals surface area contributed by atoms with Crippen molar-refractivity contribution in [3.63, 3.8) is 0 Å². The maximum absolute atomic E-state index is 11.8. The quantitative estimate of drug-likeness (QED) is 0.758.